The lowest BCUT2D eigenvalue weighted by Gasteiger charge is -2.29. The van der Waals surface area contributed by atoms with Crippen LogP contribution in [0.15, 0.2) is 42.6 Å². The minimum absolute atomic E-state index is 0.378. The largest absolute Gasteiger partial charge is 0.497 e. The predicted octanol–water partition coefficient (Wildman–Crippen LogP) is 4.06. The number of sulfonamides is 1. The van der Waals surface area contributed by atoms with Gasteiger partial charge in [0.15, 0.2) is 0 Å². The first-order valence-corrected chi connectivity index (χ1v) is 11.8. The van der Waals surface area contributed by atoms with E-state index >= 15 is 0 Å². The van der Waals surface area contributed by atoms with Gasteiger partial charge in [0.1, 0.15) is 11.6 Å². The predicted molar refractivity (Wildman–Crippen MR) is 118 cm³/mol. The van der Waals surface area contributed by atoms with Crippen LogP contribution in [0.5, 0.6) is 5.75 Å². The fraction of sp³-hybridized carbons (Fsp3) is 0.500. The second kappa shape index (κ2) is 9.59. The molecule has 0 bridgehead atoms. The van der Waals surface area contributed by atoms with Gasteiger partial charge < -0.3 is 10.1 Å². The van der Waals surface area contributed by atoms with Crippen molar-refractivity contribution in [3.05, 3.63) is 42.6 Å². The third-order valence-corrected chi connectivity index (χ3v) is 7.37. The van der Waals surface area contributed by atoms with Crippen LogP contribution in [0.3, 0.4) is 0 Å². The number of aromatic nitrogens is 1. The molecule has 2 aromatic rings. The van der Waals surface area contributed by atoms with Crippen molar-refractivity contribution < 1.29 is 13.2 Å². The van der Waals surface area contributed by atoms with Crippen LogP contribution in [0.2, 0.25) is 0 Å². The Morgan fingerprint density at radius 2 is 1.86 bits per heavy atom. The molecule has 0 aliphatic heterocycles. The fourth-order valence-corrected chi connectivity index (χ4v) is 4.37. The first-order chi connectivity index (χ1) is 13.9. The SMILES string of the molecule is COc1cccc(-c2ccc(N[C@H]3CC[C@H](CNS(=O)(=O)C(C)C)CC3)nc2)c1. The molecular formula is C22H31N3O3S. The zero-order valence-corrected chi connectivity index (χ0v) is 18.2. The molecule has 7 heteroatoms. The van der Waals surface area contributed by atoms with Gasteiger partial charge in [0.2, 0.25) is 10.0 Å². The summed E-state index contributed by atoms with van der Waals surface area (Å²) in [6, 6.07) is 12.4. The van der Waals surface area contributed by atoms with E-state index in [-0.39, 0.29) is 5.25 Å². The lowest BCUT2D eigenvalue weighted by molar-refractivity contribution is 0.336. The molecule has 2 N–H and O–H groups in total. The molecule has 1 aliphatic carbocycles. The first-order valence-electron chi connectivity index (χ1n) is 10.2. The van der Waals surface area contributed by atoms with Crippen molar-refractivity contribution in [1.29, 1.82) is 0 Å². The summed E-state index contributed by atoms with van der Waals surface area (Å²) in [4.78, 5) is 4.57. The summed E-state index contributed by atoms with van der Waals surface area (Å²) in [5, 5.41) is 3.14. The molecule has 0 atom stereocenters. The van der Waals surface area contributed by atoms with Crippen LogP contribution in [-0.2, 0) is 10.0 Å². The summed E-state index contributed by atoms with van der Waals surface area (Å²) >= 11 is 0. The molecule has 0 unspecified atom stereocenters. The van der Waals surface area contributed by atoms with Crippen molar-refractivity contribution in [1.82, 2.24) is 9.71 Å². The van der Waals surface area contributed by atoms with Gasteiger partial charge in [-0.2, -0.15) is 0 Å². The molecule has 0 spiro atoms. The number of nitrogens with one attached hydrogen (secondary N) is 2. The second-order valence-corrected chi connectivity index (χ2v) is 10.3. The van der Waals surface area contributed by atoms with E-state index in [1.807, 2.05) is 36.5 Å². The quantitative estimate of drug-likeness (QED) is 0.677. The Labute approximate surface area is 174 Å². The fourth-order valence-electron chi connectivity index (χ4n) is 3.57. The summed E-state index contributed by atoms with van der Waals surface area (Å²) in [7, 11) is -1.51. The topological polar surface area (TPSA) is 80.3 Å². The number of nitrogens with zero attached hydrogens (tertiary/aromatic N) is 1. The van der Waals surface area contributed by atoms with Gasteiger partial charge in [0, 0.05) is 24.3 Å². The number of pyridine rings is 1. The Balaban J connectivity index is 1.49. The van der Waals surface area contributed by atoms with Gasteiger partial charge in [-0.05, 0) is 75.3 Å². The number of methoxy groups -OCH3 is 1. The van der Waals surface area contributed by atoms with Crippen LogP contribution in [0.4, 0.5) is 5.82 Å². The molecule has 1 aromatic carbocycles. The van der Waals surface area contributed by atoms with Crippen LogP contribution >= 0.6 is 0 Å². The molecule has 158 valence electrons. The number of anilines is 1. The molecule has 3 rings (SSSR count). The molecule has 1 aromatic heterocycles. The van der Waals surface area contributed by atoms with E-state index in [1.54, 1.807) is 21.0 Å². The van der Waals surface area contributed by atoms with Crippen molar-refractivity contribution in [3.63, 3.8) is 0 Å². The summed E-state index contributed by atoms with van der Waals surface area (Å²) < 4.78 is 31.9. The van der Waals surface area contributed by atoms with E-state index in [9.17, 15) is 8.42 Å². The summed E-state index contributed by atoms with van der Waals surface area (Å²) in [5.74, 6) is 2.11. The van der Waals surface area contributed by atoms with Crippen molar-refractivity contribution in [2.24, 2.45) is 5.92 Å². The molecule has 1 aliphatic rings. The van der Waals surface area contributed by atoms with E-state index in [4.69, 9.17) is 4.74 Å². The zero-order chi connectivity index (χ0) is 20.9. The average Bonchev–Trinajstić information content (AvgIpc) is 2.74. The number of hydrogen-bond donors (Lipinski definition) is 2. The van der Waals surface area contributed by atoms with Crippen molar-refractivity contribution in [3.8, 4) is 16.9 Å². The Kier molecular flexibility index (Phi) is 7.14. The molecule has 29 heavy (non-hydrogen) atoms. The van der Waals surface area contributed by atoms with Crippen LogP contribution in [0, 0.1) is 5.92 Å². The van der Waals surface area contributed by atoms with Gasteiger partial charge in [-0.15, -0.1) is 0 Å². The zero-order valence-electron chi connectivity index (χ0n) is 17.4. The van der Waals surface area contributed by atoms with Crippen molar-refractivity contribution in [2.75, 3.05) is 19.0 Å². The number of rotatable bonds is 8. The average molecular weight is 418 g/mol. The van der Waals surface area contributed by atoms with Gasteiger partial charge in [-0.1, -0.05) is 12.1 Å². The Morgan fingerprint density at radius 1 is 1.10 bits per heavy atom. The Bertz CT molecular complexity index is 890. The number of ether oxygens (including phenoxy) is 1. The standard InChI is InChI=1S/C22H31N3O3S/c1-16(2)29(26,27)24-14-17-7-10-20(11-8-17)25-22-12-9-19(15-23-22)18-5-4-6-21(13-18)28-3/h4-6,9,12-13,15-17,20,24H,7-8,10-11,14H2,1-3H3,(H,23,25)/t17-,20-. The highest BCUT2D eigenvalue weighted by atomic mass is 32.2. The highest BCUT2D eigenvalue weighted by Crippen LogP contribution is 2.27. The molecule has 0 radical (unpaired) electrons. The molecule has 1 fully saturated rings. The lowest BCUT2D eigenvalue weighted by Crippen LogP contribution is -2.37. The van der Waals surface area contributed by atoms with Crippen LogP contribution in [0.25, 0.3) is 11.1 Å². The van der Waals surface area contributed by atoms with E-state index in [2.05, 4.69) is 21.1 Å². The summed E-state index contributed by atoms with van der Waals surface area (Å²) in [5.41, 5.74) is 2.13. The van der Waals surface area contributed by atoms with Crippen LogP contribution in [-0.4, -0.2) is 38.3 Å². The highest BCUT2D eigenvalue weighted by molar-refractivity contribution is 7.90. The van der Waals surface area contributed by atoms with Crippen molar-refractivity contribution in [2.45, 2.75) is 50.8 Å². The lowest BCUT2D eigenvalue weighted by atomic mass is 9.86. The first kappa shape index (κ1) is 21.6. The Morgan fingerprint density at radius 3 is 2.48 bits per heavy atom. The molecular weight excluding hydrogens is 386 g/mol. The molecule has 1 saturated carbocycles. The Hall–Kier alpha value is -2.12. The molecule has 6 nitrogen and oxygen atoms in total. The minimum atomic E-state index is -3.17. The van der Waals surface area contributed by atoms with E-state index < -0.39 is 10.0 Å². The maximum Gasteiger partial charge on any atom is 0.213 e. The summed E-state index contributed by atoms with van der Waals surface area (Å²) in [6.45, 7) is 3.95. The van der Waals surface area contributed by atoms with E-state index in [1.165, 1.54) is 0 Å². The molecule has 1 heterocycles. The van der Waals surface area contributed by atoms with Gasteiger partial charge >= 0.3 is 0 Å². The second-order valence-electron chi connectivity index (χ2n) is 7.97. The summed E-state index contributed by atoms with van der Waals surface area (Å²) in [6.07, 6.45) is 5.95. The monoisotopic (exact) mass is 417 g/mol. The molecule has 0 saturated heterocycles. The van der Waals surface area contributed by atoms with Gasteiger partial charge in [0.05, 0.1) is 12.4 Å². The maximum atomic E-state index is 11.9. The smallest absolute Gasteiger partial charge is 0.213 e. The van der Waals surface area contributed by atoms with Crippen molar-refractivity contribution >= 4 is 15.8 Å². The van der Waals surface area contributed by atoms with Gasteiger partial charge in [0.25, 0.3) is 0 Å². The molecule has 0 amide bonds. The number of benzene rings is 1. The third-order valence-electron chi connectivity index (χ3n) is 5.56. The maximum absolute atomic E-state index is 11.9. The third kappa shape index (κ3) is 5.93. The van der Waals surface area contributed by atoms with Gasteiger partial charge in [-0.25, -0.2) is 18.1 Å². The highest BCUT2D eigenvalue weighted by Gasteiger charge is 2.23. The van der Waals surface area contributed by atoms with E-state index in [0.717, 1.165) is 48.4 Å². The van der Waals surface area contributed by atoms with Gasteiger partial charge in [-0.3, -0.25) is 0 Å². The van der Waals surface area contributed by atoms with E-state index in [0.29, 0.717) is 18.5 Å². The van der Waals surface area contributed by atoms with Crippen LogP contribution < -0.4 is 14.8 Å². The van der Waals surface area contributed by atoms with Crippen LogP contribution in [0.1, 0.15) is 39.5 Å². The number of hydrogen-bond acceptors (Lipinski definition) is 5. The normalized spacial score (nSPS) is 19.9. The minimum Gasteiger partial charge on any atom is -0.497 e.